The molecule has 0 aromatic heterocycles. The van der Waals surface area contributed by atoms with E-state index in [0.717, 1.165) is 6.07 Å². The molecule has 1 N–H and O–H groups in total. The van der Waals surface area contributed by atoms with Crippen LogP contribution in [0.1, 0.15) is 32.3 Å². The lowest BCUT2D eigenvalue weighted by Gasteiger charge is -2.31. The smallest absolute Gasteiger partial charge is 0.308 e. The normalized spacial score (nSPS) is 22.9. The number of hydrogen-bond acceptors (Lipinski definition) is 2. The van der Waals surface area contributed by atoms with E-state index >= 15 is 0 Å². The predicted molar refractivity (Wildman–Crippen MR) is 78.8 cm³/mol. The van der Waals surface area contributed by atoms with Gasteiger partial charge in [0.15, 0.2) is 0 Å². The molecule has 3 nitrogen and oxygen atoms in total. The largest absolute Gasteiger partial charge is 0.481 e. The van der Waals surface area contributed by atoms with Crippen LogP contribution in [0.15, 0.2) is 18.2 Å². The molecule has 1 saturated heterocycles. The summed E-state index contributed by atoms with van der Waals surface area (Å²) in [5.74, 6) is -3.38. The van der Waals surface area contributed by atoms with E-state index < -0.39 is 29.4 Å². The molecule has 1 aromatic rings. The summed E-state index contributed by atoms with van der Waals surface area (Å²) in [6.07, 6.45) is 0. The fraction of sp³-hybridized carbons (Fsp3) is 0.533. The molecule has 21 heavy (non-hydrogen) atoms. The first-order chi connectivity index (χ1) is 9.20. The van der Waals surface area contributed by atoms with Gasteiger partial charge in [-0.3, -0.25) is 9.69 Å². The van der Waals surface area contributed by atoms with Gasteiger partial charge in [0.25, 0.3) is 0 Å². The Balaban J connectivity index is 0.00000220. The van der Waals surface area contributed by atoms with Gasteiger partial charge in [-0.1, -0.05) is 6.07 Å². The van der Waals surface area contributed by atoms with E-state index in [-0.39, 0.29) is 23.5 Å². The summed E-state index contributed by atoms with van der Waals surface area (Å²) >= 11 is 0. The highest BCUT2D eigenvalue weighted by molar-refractivity contribution is 5.85. The molecule has 0 unspecified atom stereocenters. The van der Waals surface area contributed by atoms with Crippen molar-refractivity contribution in [2.24, 2.45) is 5.92 Å². The number of halogens is 3. The third-order valence-corrected chi connectivity index (χ3v) is 3.95. The average molecular weight is 320 g/mol. The molecule has 0 saturated carbocycles. The Hall–Kier alpha value is -1.20. The molecule has 1 aliphatic heterocycles. The topological polar surface area (TPSA) is 40.5 Å². The van der Waals surface area contributed by atoms with Crippen molar-refractivity contribution in [2.75, 3.05) is 13.1 Å². The summed E-state index contributed by atoms with van der Waals surface area (Å²) in [6, 6.07) is 3.35. The summed E-state index contributed by atoms with van der Waals surface area (Å²) < 4.78 is 26.9. The molecule has 2 atom stereocenters. The third kappa shape index (κ3) is 3.71. The zero-order chi connectivity index (χ0) is 15.1. The van der Waals surface area contributed by atoms with Gasteiger partial charge in [-0.15, -0.1) is 12.4 Å². The minimum absolute atomic E-state index is 0. The summed E-state index contributed by atoms with van der Waals surface area (Å²) in [5, 5.41) is 9.35. The third-order valence-electron chi connectivity index (χ3n) is 3.95. The molecular weight excluding hydrogens is 300 g/mol. The molecule has 0 bridgehead atoms. The molecule has 0 amide bonds. The minimum Gasteiger partial charge on any atom is -0.481 e. The van der Waals surface area contributed by atoms with Crippen LogP contribution < -0.4 is 0 Å². The maximum Gasteiger partial charge on any atom is 0.308 e. The quantitative estimate of drug-likeness (QED) is 0.909. The van der Waals surface area contributed by atoms with Crippen LogP contribution in [0.3, 0.4) is 0 Å². The van der Waals surface area contributed by atoms with Gasteiger partial charge >= 0.3 is 5.97 Å². The molecule has 1 heterocycles. The second-order valence-corrected chi connectivity index (χ2v) is 6.29. The van der Waals surface area contributed by atoms with Gasteiger partial charge in [0.05, 0.1) is 5.92 Å². The second-order valence-electron chi connectivity index (χ2n) is 6.29. The first-order valence-corrected chi connectivity index (χ1v) is 6.63. The Kier molecular flexibility index (Phi) is 5.34. The number of aliphatic carboxylic acids is 1. The molecule has 1 aromatic carbocycles. The number of carboxylic acid groups (broad SMARTS) is 1. The first-order valence-electron chi connectivity index (χ1n) is 6.63. The van der Waals surface area contributed by atoms with Crippen molar-refractivity contribution in [3.63, 3.8) is 0 Å². The number of nitrogens with zero attached hydrogens (tertiary/aromatic N) is 1. The van der Waals surface area contributed by atoms with E-state index in [0.29, 0.717) is 13.1 Å². The van der Waals surface area contributed by atoms with E-state index in [4.69, 9.17) is 0 Å². The second kappa shape index (κ2) is 6.28. The number of benzene rings is 1. The Morgan fingerprint density at radius 3 is 2.38 bits per heavy atom. The molecule has 6 heteroatoms. The van der Waals surface area contributed by atoms with Crippen LogP contribution in [-0.2, 0) is 4.79 Å². The van der Waals surface area contributed by atoms with E-state index in [1.54, 1.807) is 0 Å². The van der Waals surface area contributed by atoms with Crippen molar-refractivity contribution in [1.29, 1.82) is 0 Å². The van der Waals surface area contributed by atoms with E-state index in [2.05, 4.69) is 0 Å². The van der Waals surface area contributed by atoms with Crippen molar-refractivity contribution in [3.8, 4) is 0 Å². The zero-order valence-electron chi connectivity index (χ0n) is 12.3. The lowest BCUT2D eigenvalue weighted by atomic mass is 9.88. The fourth-order valence-electron chi connectivity index (χ4n) is 2.72. The van der Waals surface area contributed by atoms with Gasteiger partial charge in [0.1, 0.15) is 11.6 Å². The molecule has 0 aliphatic carbocycles. The number of rotatable bonds is 2. The van der Waals surface area contributed by atoms with E-state index in [1.807, 2.05) is 25.7 Å². The van der Waals surface area contributed by atoms with Gasteiger partial charge in [0, 0.05) is 30.6 Å². The summed E-state index contributed by atoms with van der Waals surface area (Å²) in [5.41, 5.74) is 0.101. The van der Waals surface area contributed by atoms with Crippen LogP contribution in [0.25, 0.3) is 0 Å². The summed E-state index contributed by atoms with van der Waals surface area (Å²) in [7, 11) is 0. The molecule has 118 valence electrons. The molecule has 1 aliphatic rings. The lowest BCUT2D eigenvalue weighted by Crippen LogP contribution is -2.40. The zero-order valence-corrected chi connectivity index (χ0v) is 13.1. The highest BCUT2D eigenvalue weighted by atomic mass is 35.5. The number of likely N-dealkylation sites (tertiary alicyclic amines) is 1. The Bertz CT molecular complexity index is 531. The lowest BCUT2D eigenvalue weighted by molar-refractivity contribution is -0.141. The maximum atomic E-state index is 13.9. The number of carboxylic acids is 1. The number of hydrogen-bond donors (Lipinski definition) is 1. The fourth-order valence-corrected chi connectivity index (χ4v) is 2.72. The van der Waals surface area contributed by atoms with Crippen molar-refractivity contribution < 1.29 is 18.7 Å². The van der Waals surface area contributed by atoms with Gasteiger partial charge in [-0.2, -0.15) is 0 Å². The van der Waals surface area contributed by atoms with Crippen LogP contribution in [0.5, 0.6) is 0 Å². The molecule has 1 fully saturated rings. The van der Waals surface area contributed by atoms with Crippen LogP contribution in [0.2, 0.25) is 0 Å². The number of carbonyl (C=O) groups is 1. The molecule has 0 spiro atoms. The monoisotopic (exact) mass is 319 g/mol. The van der Waals surface area contributed by atoms with Crippen LogP contribution in [0.4, 0.5) is 8.78 Å². The van der Waals surface area contributed by atoms with Crippen LogP contribution in [0, 0.1) is 17.6 Å². The van der Waals surface area contributed by atoms with Crippen molar-refractivity contribution >= 4 is 18.4 Å². The Morgan fingerprint density at radius 1 is 1.29 bits per heavy atom. The van der Waals surface area contributed by atoms with Crippen molar-refractivity contribution in [3.05, 3.63) is 35.4 Å². The van der Waals surface area contributed by atoms with Crippen molar-refractivity contribution in [1.82, 2.24) is 4.90 Å². The average Bonchev–Trinajstić information content (AvgIpc) is 2.73. The SMILES string of the molecule is CC(C)(C)N1C[C@@H](C(=O)O)[C@H](c2ccc(F)cc2F)C1.Cl. The van der Waals surface area contributed by atoms with Gasteiger partial charge < -0.3 is 5.11 Å². The predicted octanol–water partition coefficient (Wildman–Crippen LogP) is 3.29. The van der Waals surface area contributed by atoms with Crippen LogP contribution in [-0.4, -0.2) is 34.6 Å². The molecule has 0 radical (unpaired) electrons. The highest BCUT2D eigenvalue weighted by Gasteiger charge is 2.42. The summed E-state index contributed by atoms with van der Waals surface area (Å²) in [6.45, 7) is 6.82. The van der Waals surface area contributed by atoms with Crippen molar-refractivity contribution in [2.45, 2.75) is 32.2 Å². The minimum atomic E-state index is -0.939. The molecular formula is C15H20ClF2NO2. The van der Waals surface area contributed by atoms with Gasteiger partial charge in [0.2, 0.25) is 0 Å². The summed E-state index contributed by atoms with van der Waals surface area (Å²) in [4.78, 5) is 13.4. The van der Waals surface area contributed by atoms with Gasteiger partial charge in [-0.05, 0) is 32.4 Å². The van der Waals surface area contributed by atoms with E-state index in [1.165, 1.54) is 12.1 Å². The first kappa shape index (κ1) is 17.9. The van der Waals surface area contributed by atoms with E-state index in [9.17, 15) is 18.7 Å². The highest BCUT2D eigenvalue weighted by Crippen LogP contribution is 2.37. The van der Waals surface area contributed by atoms with Gasteiger partial charge in [-0.25, -0.2) is 8.78 Å². The van der Waals surface area contributed by atoms with Crippen LogP contribution >= 0.6 is 12.4 Å². The Labute approximate surface area is 129 Å². The standard InChI is InChI=1S/C15H19F2NO2.ClH/c1-15(2,3)18-7-11(12(8-18)14(19)20)10-5-4-9(16)6-13(10)17;/h4-6,11-12H,7-8H2,1-3H3,(H,19,20);1H/t11-,12+;/m0./s1. The molecule has 2 rings (SSSR count). The maximum absolute atomic E-state index is 13.9. The Morgan fingerprint density at radius 2 is 1.90 bits per heavy atom.